The van der Waals surface area contributed by atoms with Crippen LogP contribution >= 0.6 is 15.9 Å². The summed E-state index contributed by atoms with van der Waals surface area (Å²) < 4.78 is 6.34. The second kappa shape index (κ2) is 6.23. The van der Waals surface area contributed by atoms with Crippen molar-refractivity contribution >= 4 is 27.6 Å². The van der Waals surface area contributed by atoms with Crippen LogP contribution in [0.3, 0.4) is 0 Å². The van der Waals surface area contributed by atoms with E-state index in [-0.39, 0.29) is 12.1 Å². The zero-order valence-corrected chi connectivity index (χ0v) is 11.9. The van der Waals surface area contributed by atoms with Gasteiger partial charge < -0.3 is 10.5 Å². The summed E-state index contributed by atoms with van der Waals surface area (Å²) in [6.07, 6.45) is 6.85. The van der Waals surface area contributed by atoms with Crippen LogP contribution in [0.25, 0.3) is 0 Å². The largest absolute Gasteiger partial charge is 0.459 e. The predicted molar refractivity (Wildman–Crippen MR) is 75.5 cm³/mol. The van der Waals surface area contributed by atoms with Crippen molar-refractivity contribution in [1.29, 1.82) is 0 Å². The average molecular weight is 312 g/mol. The predicted octanol–water partition coefficient (Wildman–Crippen LogP) is 3.91. The molecule has 3 nitrogen and oxygen atoms in total. The highest BCUT2D eigenvalue weighted by Crippen LogP contribution is 2.23. The Bertz CT molecular complexity index is 426. The van der Waals surface area contributed by atoms with E-state index in [0.29, 0.717) is 11.3 Å². The Morgan fingerprint density at radius 2 is 1.89 bits per heavy atom. The van der Waals surface area contributed by atoms with Crippen molar-refractivity contribution in [3.05, 3.63) is 28.2 Å². The second-order valence-corrected chi connectivity index (χ2v) is 5.61. The molecule has 0 amide bonds. The van der Waals surface area contributed by atoms with Crippen LogP contribution < -0.4 is 5.73 Å². The Hall–Kier alpha value is -1.03. The highest BCUT2D eigenvalue weighted by atomic mass is 79.9. The molecule has 0 aromatic heterocycles. The number of nitrogen functional groups attached to an aromatic ring is 1. The third kappa shape index (κ3) is 3.48. The molecule has 0 bridgehead atoms. The van der Waals surface area contributed by atoms with E-state index in [1.165, 1.54) is 12.8 Å². The molecule has 0 spiro atoms. The van der Waals surface area contributed by atoms with Crippen LogP contribution in [0.4, 0.5) is 5.69 Å². The Kier molecular flexibility index (Phi) is 4.64. The lowest BCUT2D eigenvalue weighted by molar-refractivity contribution is 0.0267. The van der Waals surface area contributed by atoms with Gasteiger partial charge in [0.05, 0.1) is 5.56 Å². The number of halogens is 1. The van der Waals surface area contributed by atoms with Gasteiger partial charge in [0, 0.05) is 10.2 Å². The molecule has 0 saturated heterocycles. The number of hydrogen-bond donors (Lipinski definition) is 1. The lowest BCUT2D eigenvalue weighted by atomic mass is 10.1. The van der Waals surface area contributed by atoms with Crippen molar-refractivity contribution in [3.8, 4) is 0 Å². The lowest BCUT2D eigenvalue weighted by Gasteiger charge is -2.15. The van der Waals surface area contributed by atoms with Gasteiger partial charge in [0.1, 0.15) is 6.10 Å². The fraction of sp³-hybridized carbons (Fsp3) is 0.500. The number of esters is 1. The first-order valence-electron chi connectivity index (χ1n) is 6.43. The molecule has 1 aromatic carbocycles. The summed E-state index contributed by atoms with van der Waals surface area (Å²) in [7, 11) is 0. The summed E-state index contributed by atoms with van der Waals surface area (Å²) in [6.45, 7) is 0. The van der Waals surface area contributed by atoms with Crippen molar-refractivity contribution in [2.75, 3.05) is 5.73 Å². The maximum absolute atomic E-state index is 12.0. The molecule has 1 aromatic rings. The maximum Gasteiger partial charge on any atom is 0.338 e. The number of carbonyl (C=O) groups excluding carboxylic acids is 1. The van der Waals surface area contributed by atoms with Gasteiger partial charge >= 0.3 is 5.97 Å². The number of anilines is 1. The molecule has 98 valence electrons. The molecule has 1 aliphatic rings. The van der Waals surface area contributed by atoms with Crippen LogP contribution in [0.15, 0.2) is 22.7 Å². The monoisotopic (exact) mass is 311 g/mol. The van der Waals surface area contributed by atoms with E-state index < -0.39 is 0 Å². The average Bonchev–Trinajstić information content (AvgIpc) is 2.61. The van der Waals surface area contributed by atoms with Crippen LogP contribution in [0.5, 0.6) is 0 Å². The van der Waals surface area contributed by atoms with E-state index >= 15 is 0 Å². The molecule has 1 fully saturated rings. The first-order chi connectivity index (χ1) is 8.66. The molecule has 18 heavy (non-hydrogen) atoms. The normalized spacial score (nSPS) is 17.2. The molecule has 1 aliphatic carbocycles. The SMILES string of the molecule is Nc1cc(C(=O)OC2CCCCCC2)ccc1Br. The summed E-state index contributed by atoms with van der Waals surface area (Å²) in [6, 6.07) is 5.17. The van der Waals surface area contributed by atoms with Crippen molar-refractivity contribution in [3.63, 3.8) is 0 Å². The fourth-order valence-electron chi connectivity index (χ4n) is 2.25. The highest BCUT2D eigenvalue weighted by Gasteiger charge is 2.18. The van der Waals surface area contributed by atoms with E-state index in [4.69, 9.17) is 10.5 Å². The first kappa shape index (κ1) is 13.4. The minimum atomic E-state index is -0.263. The molecular weight excluding hydrogens is 294 g/mol. The van der Waals surface area contributed by atoms with Crippen LogP contribution in [-0.4, -0.2) is 12.1 Å². The molecule has 0 aliphatic heterocycles. The summed E-state index contributed by atoms with van der Waals surface area (Å²) in [5.41, 5.74) is 6.85. The van der Waals surface area contributed by atoms with Crippen LogP contribution in [0, 0.1) is 0 Å². The summed E-state index contributed by atoms with van der Waals surface area (Å²) >= 11 is 3.31. The van der Waals surface area contributed by atoms with Gasteiger partial charge in [-0.25, -0.2) is 4.79 Å². The fourth-order valence-corrected chi connectivity index (χ4v) is 2.50. The molecule has 2 rings (SSSR count). The van der Waals surface area contributed by atoms with E-state index in [2.05, 4.69) is 15.9 Å². The summed E-state index contributed by atoms with van der Waals surface area (Å²) in [5.74, 6) is -0.263. The summed E-state index contributed by atoms with van der Waals surface area (Å²) in [5, 5.41) is 0. The topological polar surface area (TPSA) is 52.3 Å². The van der Waals surface area contributed by atoms with Crippen molar-refractivity contribution < 1.29 is 9.53 Å². The Morgan fingerprint density at radius 1 is 1.22 bits per heavy atom. The van der Waals surface area contributed by atoms with Crippen molar-refractivity contribution in [2.45, 2.75) is 44.6 Å². The quantitative estimate of drug-likeness (QED) is 0.512. The van der Waals surface area contributed by atoms with Gasteiger partial charge in [-0.15, -0.1) is 0 Å². The minimum absolute atomic E-state index is 0.0740. The number of benzene rings is 1. The molecule has 2 N–H and O–H groups in total. The van der Waals surface area contributed by atoms with Gasteiger partial charge in [-0.05, 0) is 59.8 Å². The lowest BCUT2D eigenvalue weighted by Crippen LogP contribution is -2.17. The van der Waals surface area contributed by atoms with Gasteiger partial charge in [0.15, 0.2) is 0 Å². The number of nitrogens with two attached hydrogens (primary N) is 1. The third-order valence-electron chi connectivity index (χ3n) is 3.31. The van der Waals surface area contributed by atoms with Crippen molar-refractivity contribution in [1.82, 2.24) is 0 Å². The van der Waals surface area contributed by atoms with Crippen LogP contribution in [-0.2, 0) is 4.74 Å². The van der Waals surface area contributed by atoms with E-state index in [0.717, 1.165) is 30.2 Å². The zero-order chi connectivity index (χ0) is 13.0. The van der Waals surface area contributed by atoms with Crippen LogP contribution in [0.1, 0.15) is 48.9 Å². The molecule has 0 atom stereocenters. The molecule has 0 radical (unpaired) electrons. The summed E-state index contributed by atoms with van der Waals surface area (Å²) in [4.78, 5) is 12.0. The smallest absolute Gasteiger partial charge is 0.338 e. The van der Waals surface area contributed by atoms with E-state index in [1.807, 2.05) is 0 Å². The number of ether oxygens (including phenoxy) is 1. The molecule has 0 heterocycles. The van der Waals surface area contributed by atoms with Gasteiger partial charge in [-0.2, -0.15) is 0 Å². The minimum Gasteiger partial charge on any atom is -0.459 e. The Morgan fingerprint density at radius 3 is 2.50 bits per heavy atom. The van der Waals surface area contributed by atoms with Gasteiger partial charge in [-0.1, -0.05) is 12.8 Å². The van der Waals surface area contributed by atoms with E-state index in [9.17, 15) is 4.79 Å². The Labute approximate surface area is 116 Å². The van der Waals surface area contributed by atoms with Crippen LogP contribution in [0.2, 0.25) is 0 Å². The number of carbonyl (C=O) groups is 1. The molecular formula is C14H18BrNO2. The first-order valence-corrected chi connectivity index (χ1v) is 7.22. The van der Waals surface area contributed by atoms with Crippen molar-refractivity contribution in [2.24, 2.45) is 0 Å². The number of rotatable bonds is 2. The molecule has 4 heteroatoms. The van der Waals surface area contributed by atoms with E-state index in [1.54, 1.807) is 18.2 Å². The van der Waals surface area contributed by atoms with Gasteiger partial charge in [0.2, 0.25) is 0 Å². The molecule has 0 unspecified atom stereocenters. The Balaban J connectivity index is 1.99. The van der Waals surface area contributed by atoms with Gasteiger partial charge in [-0.3, -0.25) is 0 Å². The highest BCUT2D eigenvalue weighted by molar-refractivity contribution is 9.10. The third-order valence-corrected chi connectivity index (χ3v) is 4.03. The standard InChI is InChI=1S/C14H18BrNO2/c15-12-8-7-10(9-13(12)16)14(17)18-11-5-3-1-2-4-6-11/h7-9,11H,1-6,16H2. The second-order valence-electron chi connectivity index (χ2n) is 4.76. The van der Waals surface area contributed by atoms with Gasteiger partial charge in [0.25, 0.3) is 0 Å². The molecule has 1 saturated carbocycles. The maximum atomic E-state index is 12.0. The number of hydrogen-bond acceptors (Lipinski definition) is 3. The zero-order valence-electron chi connectivity index (χ0n) is 10.3.